The zero-order valence-electron chi connectivity index (χ0n) is 11.6. The van der Waals surface area contributed by atoms with Gasteiger partial charge >= 0.3 is 0 Å². The molecule has 1 fully saturated rings. The standard InChI is InChI=1S/C15H19N3O2/c1-20-14-8-11(2-3-13(14)9-16)10-18-6-4-12(5-7-18)15(17)19/h2-3,8,12H,4-7,10H2,1H3,(H2,17,19). The third kappa shape index (κ3) is 3.28. The lowest BCUT2D eigenvalue weighted by Crippen LogP contribution is -2.38. The molecule has 0 radical (unpaired) electrons. The summed E-state index contributed by atoms with van der Waals surface area (Å²) in [6.07, 6.45) is 1.64. The predicted molar refractivity (Wildman–Crippen MR) is 74.9 cm³/mol. The van der Waals surface area contributed by atoms with Gasteiger partial charge < -0.3 is 10.5 Å². The van der Waals surface area contributed by atoms with Crippen LogP contribution in [0, 0.1) is 17.2 Å². The summed E-state index contributed by atoms with van der Waals surface area (Å²) in [5.74, 6) is 0.434. The molecule has 106 valence electrons. The molecule has 2 N–H and O–H groups in total. The number of piperidine rings is 1. The minimum Gasteiger partial charge on any atom is -0.495 e. The number of ether oxygens (including phenoxy) is 1. The number of carbonyl (C=O) groups excluding carboxylic acids is 1. The SMILES string of the molecule is COc1cc(CN2CCC(C(N)=O)CC2)ccc1C#N. The molecule has 0 bridgehead atoms. The normalized spacial score (nSPS) is 16.6. The Kier molecular flexibility index (Phi) is 4.59. The van der Waals surface area contributed by atoms with Crippen molar-refractivity contribution in [2.75, 3.05) is 20.2 Å². The first-order chi connectivity index (χ1) is 9.63. The van der Waals surface area contributed by atoms with Crippen LogP contribution in [-0.2, 0) is 11.3 Å². The number of benzene rings is 1. The fraction of sp³-hybridized carbons (Fsp3) is 0.467. The Morgan fingerprint density at radius 3 is 2.75 bits per heavy atom. The van der Waals surface area contributed by atoms with Crippen LogP contribution in [0.3, 0.4) is 0 Å². The van der Waals surface area contributed by atoms with Crippen LogP contribution in [0.25, 0.3) is 0 Å². The van der Waals surface area contributed by atoms with Crippen LogP contribution in [0.2, 0.25) is 0 Å². The van der Waals surface area contributed by atoms with Gasteiger partial charge in [-0.05, 0) is 43.6 Å². The van der Waals surface area contributed by atoms with E-state index in [1.807, 2.05) is 12.1 Å². The van der Waals surface area contributed by atoms with Crippen molar-refractivity contribution < 1.29 is 9.53 Å². The van der Waals surface area contributed by atoms with Gasteiger partial charge in [0, 0.05) is 12.5 Å². The summed E-state index contributed by atoms with van der Waals surface area (Å²) in [7, 11) is 1.57. The Labute approximate surface area is 118 Å². The summed E-state index contributed by atoms with van der Waals surface area (Å²) >= 11 is 0. The zero-order chi connectivity index (χ0) is 14.5. The van der Waals surface area contributed by atoms with E-state index in [1.165, 1.54) is 0 Å². The lowest BCUT2D eigenvalue weighted by molar-refractivity contribution is -0.123. The van der Waals surface area contributed by atoms with Crippen LogP contribution in [0.4, 0.5) is 0 Å². The summed E-state index contributed by atoms with van der Waals surface area (Å²) < 4.78 is 5.21. The van der Waals surface area contributed by atoms with Crippen molar-refractivity contribution in [1.29, 1.82) is 5.26 Å². The van der Waals surface area contributed by atoms with Crippen LogP contribution >= 0.6 is 0 Å². The number of hydrogen-bond acceptors (Lipinski definition) is 4. The molecule has 1 aromatic rings. The highest BCUT2D eigenvalue weighted by atomic mass is 16.5. The summed E-state index contributed by atoms with van der Waals surface area (Å²) in [6.45, 7) is 2.54. The molecule has 1 amide bonds. The quantitative estimate of drug-likeness (QED) is 0.895. The maximum Gasteiger partial charge on any atom is 0.220 e. The van der Waals surface area contributed by atoms with E-state index in [-0.39, 0.29) is 11.8 Å². The minimum atomic E-state index is -0.190. The molecule has 0 aromatic heterocycles. The minimum absolute atomic E-state index is 0.0155. The largest absolute Gasteiger partial charge is 0.495 e. The topological polar surface area (TPSA) is 79.3 Å². The highest BCUT2D eigenvalue weighted by Crippen LogP contribution is 2.22. The second-order valence-electron chi connectivity index (χ2n) is 5.10. The molecule has 1 heterocycles. The summed E-state index contributed by atoms with van der Waals surface area (Å²) in [5, 5.41) is 8.96. The summed E-state index contributed by atoms with van der Waals surface area (Å²) in [6, 6.07) is 7.73. The molecule has 0 unspecified atom stereocenters. The fourth-order valence-electron chi connectivity index (χ4n) is 2.56. The van der Waals surface area contributed by atoms with Crippen LogP contribution in [0.1, 0.15) is 24.0 Å². The van der Waals surface area contributed by atoms with E-state index in [4.69, 9.17) is 15.7 Å². The van der Waals surface area contributed by atoms with Crippen molar-refractivity contribution in [3.05, 3.63) is 29.3 Å². The van der Waals surface area contributed by atoms with Gasteiger partial charge in [-0.3, -0.25) is 9.69 Å². The highest BCUT2D eigenvalue weighted by Gasteiger charge is 2.23. The number of methoxy groups -OCH3 is 1. The van der Waals surface area contributed by atoms with E-state index >= 15 is 0 Å². The molecule has 5 heteroatoms. The average molecular weight is 273 g/mol. The van der Waals surface area contributed by atoms with Crippen molar-refractivity contribution >= 4 is 5.91 Å². The van der Waals surface area contributed by atoms with Gasteiger partial charge in [-0.1, -0.05) is 6.07 Å². The number of hydrogen-bond donors (Lipinski definition) is 1. The van der Waals surface area contributed by atoms with Crippen LogP contribution in [0.15, 0.2) is 18.2 Å². The van der Waals surface area contributed by atoms with Crippen LogP contribution < -0.4 is 10.5 Å². The van der Waals surface area contributed by atoms with E-state index in [2.05, 4.69) is 11.0 Å². The van der Waals surface area contributed by atoms with E-state index < -0.39 is 0 Å². The molecular formula is C15H19N3O2. The molecule has 1 aliphatic rings. The number of nitriles is 1. The molecular weight excluding hydrogens is 254 g/mol. The number of carbonyl (C=O) groups is 1. The zero-order valence-corrected chi connectivity index (χ0v) is 11.6. The van der Waals surface area contributed by atoms with Gasteiger partial charge in [-0.2, -0.15) is 5.26 Å². The molecule has 0 saturated carbocycles. The number of nitrogens with two attached hydrogens (primary N) is 1. The molecule has 0 spiro atoms. The molecule has 0 aliphatic carbocycles. The maximum absolute atomic E-state index is 11.1. The van der Waals surface area contributed by atoms with Gasteiger partial charge in [0.05, 0.1) is 12.7 Å². The Balaban J connectivity index is 1.98. The average Bonchev–Trinajstić information content (AvgIpc) is 2.47. The first kappa shape index (κ1) is 14.4. The van der Waals surface area contributed by atoms with Crippen molar-refractivity contribution in [2.24, 2.45) is 11.7 Å². The van der Waals surface area contributed by atoms with E-state index in [0.717, 1.165) is 38.0 Å². The number of rotatable bonds is 4. The van der Waals surface area contributed by atoms with E-state index in [9.17, 15) is 4.79 Å². The van der Waals surface area contributed by atoms with E-state index in [0.29, 0.717) is 11.3 Å². The molecule has 1 aliphatic heterocycles. The van der Waals surface area contributed by atoms with Gasteiger partial charge in [-0.25, -0.2) is 0 Å². The second kappa shape index (κ2) is 6.40. The molecule has 1 saturated heterocycles. The summed E-state index contributed by atoms with van der Waals surface area (Å²) in [4.78, 5) is 13.4. The smallest absolute Gasteiger partial charge is 0.220 e. The van der Waals surface area contributed by atoms with Gasteiger partial charge in [-0.15, -0.1) is 0 Å². The number of amides is 1. The molecule has 0 atom stereocenters. The van der Waals surface area contributed by atoms with Crippen LogP contribution in [0.5, 0.6) is 5.75 Å². The lowest BCUT2D eigenvalue weighted by Gasteiger charge is -2.30. The Bertz CT molecular complexity index is 528. The predicted octanol–water partition coefficient (Wildman–Crippen LogP) is 1.26. The van der Waals surface area contributed by atoms with Crippen molar-refractivity contribution in [3.63, 3.8) is 0 Å². The van der Waals surface area contributed by atoms with Gasteiger partial charge in [0.2, 0.25) is 5.91 Å². The van der Waals surface area contributed by atoms with Gasteiger partial charge in [0.1, 0.15) is 11.8 Å². The Hall–Kier alpha value is -2.06. The molecule has 1 aromatic carbocycles. The Morgan fingerprint density at radius 1 is 1.50 bits per heavy atom. The van der Waals surface area contributed by atoms with E-state index in [1.54, 1.807) is 13.2 Å². The van der Waals surface area contributed by atoms with Crippen molar-refractivity contribution in [3.8, 4) is 11.8 Å². The van der Waals surface area contributed by atoms with Gasteiger partial charge in [0.15, 0.2) is 0 Å². The number of primary amides is 1. The maximum atomic E-state index is 11.1. The van der Waals surface area contributed by atoms with Crippen molar-refractivity contribution in [2.45, 2.75) is 19.4 Å². The first-order valence-corrected chi connectivity index (χ1v) is 6.72. The fourth-order valence-corrected chi connectivity index (χ4v) is 2.56. The summed E-state index contributed by atoms with van der Waals surface area (Å²) in [5.41, 5.74) is 6.99. The lowest BCUT2D eigenvalue weighted by atomic mass is 9.96. The number of nitrogens with zero attached hydrogens (tertiary/aromatic N) is 2. The molecule has 5 nitrogen and oxygen atoms in total. The second-order valence-corrected chi connectivity index (χ2v) is 5.10. The third-order valence-electron chi connectivity index (χ3n) is 3.78. The molecule has 20 heavy (non-hydrogen) atoms. The number of likely N-dealkylation sites (tertiary alicyclic amines) is 1. The Morgan fingerprint density at radius 2 is 2.20 bits per heavy atom. The monoisotopic (exact) mass is 273 g/mol. The van der Waals surface area contributed by atoms with Crippen LogP contribution in [-0.4, -0.2) is 31.0 Å². The first-order valence-electron chi connectivity index (χ1n) is 6.72. The highest BCUT2D eigenvalue weighted by molar-refractivity contribution is 5.76. The van der Waals surface area contributed by atoms with Crippen molar-refractivity contribution in [1.82, 2.24) is 4.90 Å². The molecule has 2 rings (SSSR count). The van der Waals surface area contributed by atoms with Gasteiger partial charge in [0.25, 0.3) is 0 Å². The third-order valence-corrected chi connectivity index (χ3v) is 3.78.